The van der Waals surface area contributed by atoms with E-state index in [-0.39, 0.29) is 24.4 Å². The third kappa shape index (κ3) is 3.59. The summed E-state index contributed by atoms with van der Waals surface area (Å²) in [4.78, 5) is 14.8. The van der Waals surface area contributed by atoms with Gasteiger partial charge in [-0.25, -0.2) is 0 Å². The fourth-order valence-electron chi connectivity index (χ4n) is 3.51. The van der Waals surface area contributed by atoms with Gasteiger partial charge in [-0.15, -0.1) is 5.10 Å². The van der Waals surface area contributed by atoms with Gasteiger partial charge in [0.05, 0.1) is 12.1 Å². The van der Waals surface area contributed by atoms with Crippen LogP contribution in [0.2, 0.25) is 0 Å². The van der Waals surface area contributed by atoms with E-state index in [1.54, 1.807) is 0 Å². The fraction of sp³-hybridized carbons (Fsp3) is 0.318. The van der Waals surface area contributed by atoms with Crippen LogP contribution in [0.1, 0.15) is 33.4 Å². The molecule has 0 unspecified atom stereocenters. The fourth-order valence-corrected chi connectivity index (χ4v) is 3.51. The predicted octanol–water partition coefficient (Wildman–Crippen LogP) is 4.48. The number of amides is 1. The number of carbonyl (C=O) groups excluding carboxylic acids is 1. The molecular weight excluding hydrogens is 322 g/mol. The molecule has 0 bridgehead atoms. The molecule has 1 heterocycles. The number of aromatic nitrogens is 2. The summed E-state index contributed by atoms with van der Waals surface area (Å²) in [5.74, 6) is 0.0851. The van der Waals surface area contributed by atoms with Gasteiger partial charge in [0.2, 0.25) is 5.91 Å². The molecule has 0 radical (unpaired) electrons. The summed E-state index contributed by atoms with van der Waals surface area (Å²) in [6.45, 7) is 8.17. The SMILES string of the molecule is CC(C)N(C(=O)Cc1nnc(-c2ccccc2)c2ccccc12)C(C)C. The highest BCUT2D eigenvalue weighted by Gasteiger charge is 2.22. The molecule has 1 amide bonds. The quantitative estimate of drug-likeness (QED) is 0.683. The Balaban J connectivity index is 2.02. The van der Waals surface area contributed by atoms with E-state index in [9.17, 15) is 4.79 Å². The minimum Gasteiger partial charge on any atom is -0.338 e. The smallest absolute Gasteiger partial charge is 0.229 e. The summed E-state index contributed by atoms with van der Waals surface area (Å²) in [5, 5.41) is 10.9. The Kier molecular flexibility index (Phi) is 5.31. The lowest BCUT2D eigenvalue weighted by Gasteiger charge is -2.30. The van der Waals surface area contributed by atoms with Crippen LogP contribution in [0.4, 0.5) is 0 Å². The van der Waals surface area contributed by atoms with Crippen LogP contribution in [0.25, 0.3) is 22.0 Å². The van der Waals surface area contributed by atoms with E-state index in [1.165, 1.54) is 0 Å². The molecule has 134 valence electrons. The second-order valence-electron chi connectivity index (χ2n) is 7.07. The van der Waals surface area contributed by atoms with Crippen molar-refractivity contribution in [2.45, 2.75) is 46.2 Å². The standard InChI is InChI=1S/C22H25N3O/c1-15(2)25(16(3)4)21(26)14-20-18-12-8-9-13-19(18)22(24-23-20)17-10-6-5-7-11-17/h5-13,15-16H,14H2,1-4H3. The van der Waals surface area contributed by atoms with Crippen molar-refractivity contribution in [3.05, 3.63) is 60.3 Å². The maximum absolute atomic E-state index is 12.9. The predicted molar refractivity (Wildman–Crippen MR) is 106 cm³/mol. The average Bonchev–Trinajstić information content (AvgIpc) is 2.62. The Labute approximate surface area is 154 Å². The summed E-state index contributed by atoms with van der Waals surface area (Å²) in [6.07, 6.45) is 0.263. The Morgan fingerprint density at radius 2 is 1.42 bits per heavy atom. The zero-order valence-corrected chi connectivity index (χ0v) is 15.8. The van der Waals surface area contributed by atoms with Crippen LogP contribution >= 0.6 is 0 Å². The second-order valence-corrected chi connectivity index (χ2v) is 7.07. The molecular formula is C22H25N3O. The van der Waals surface area contributed by atoms with Gasteiger partial charge in [0.25, 0.3) is 0 Å². The summed E-state index contributed by atoms with van der Waals surface area (Å²) in [7, 11) is 0. The second kappa shape index (κ2) is 7.65. The van der Waals surface area contributed by atoms with Gasteiger partial charge in [-0.2, -0.15) is 5.10 Å². The number of fused-ring (bicyclic) bond motifs is 1. The molecule has 4 heteroatoms. The van der Waals surface area contributed by atoms with Gasteiger partial charge in [0.1, 0.15) is 5.69 Å². The zero-order valence-electron chi connectivity index (χ0n) is 15.8. The number of hydrogen-bond donors (Lipinski definition) is 0. The van der Waals surface area contributed by atoms with Crippen molar-refractivity contribution < 1.29 is 4.79 Å². The minimum absolute atomic E-state index is 0.0851. The van der Waals surface area contributed by atoms with Gasteiger partial charge >= 0.3 is 0 Å². The monoisotopic (exact) mass is 347 g/mol. The number of rotatable bonds is 5. The van der Waals surface area contributed by atoms with Crippen molar-refractivity contribution in [1.82, 2.24) is 15.1 Å². The molecule has 0 saturated carbocycles. The van der Waals surface area contributed by atoms with E-state index in [4.69, 9.17) is 0 Å². The lowest BCUT2D eigenvalue weighted by molar-refractivity contribution is -0.134. The summed E-state index contributed by atoms with van der Waals surface area (Å²) in [5.41, 5.74) is 2.61. The third-order valence-corrected chi connectivity index (χ3v) is 4.53. The van der Waals surface area contributed by atoms with Gasteiger partial charge in [0, 0.05) is 28.4 Å². The Bertz CT molecular complexity index is 896. The molecule has 3 rings (SSSR count). The molecule has 0 N–H and O–H groups in total. The molecule has 2 aromatic carbocycles. The van der Waals surface area contributed by atoms with E-state index < -0.39 is 0 Å². The minimum atomic E-state index is 0.0851. The highest BCUT2D eigenvalue weighted by atomic mass is 16.2. The van der Waals surface area contributed by atoms with Crippen LogP contribution in [0, 0.1) is 0 Å². The molecule has 0 aliphatic carbocycles. The molecule has 0 aliphatic rings. The summed E-state index contributed by atoms with van der Waals surface area (Å²) in [6, 6.07) is 18.4. The third-order valence-electron chi connectivity index (χ3n) is 4.53. The first-order valence-electron chi connectivity index (χ1n) is 9.10. The Hall–Kier alpha value is -2.75. The first kappa shape index (κ1) is 18.1. The van der Waals surface area contributed by atoms with Gasteiger partial charge < -0.3 is 4.90 Å². The first-order valence-corrected chi connectivity index (χ1v) is 9.10. The maximum Gasteiger partial charge on any atom is 0.229 e. The zero-order chi connectivity index (χ0) is 18.7. The lowest BCUT2D eigenvalue weighted by Crippen LogP contribution is -2.43. The van der Waals surface area contributed by atoms with Gasteiger partial charge in [-0.1, -0.05) is 54.6 Å². The maximum atomic E-state index is 12.9. The van der Waals surface area contributed by atoms with Crippen LogP contribution in [-0.2, 0) is 11.2 Å². The molecule has 1 aromatic heterocycles. The van der Waals surface area contributed by atoms with E-state index in [2.05, 4.69) is 10.2 Å². The molecule has 0 fully saturated rings. The highest BCUT2D eigenvalue weighted by molar-refractivity contribution is 5.97. The highest BCUT2D eigenvalue weighted by Crippen LogP contribution is 2.27. The van der Waals surface area contributed by atoms with E-state index in [0.29, 0.717) is 0 Å². The van der Waals surface area contributed by atoms with E-state index in [1.807, 2.05) is 87.2 Å². The topological polar surface area (TPSA) is 46.1 Å². The number of benzene rings is 2. The van der Waals surface area contributed by atoms with E-state index in [0.717, 1.165) is 27.7 Å². The van der Waals surface area contributed by atoms with Crippen molar-refractivity contribution in [3.8, 4) is 11.3 Å². The van der Waals surface area contributed by atoms with Crippen molar-refractivity contribution in [2.24, 2.45) is 0 Å². The largest absolute Gasteiger partial charge is 0.338 e. The number of nitrogens with zero attached hydrogens (tertiary/aromatic N) is 3. The summed E-state index contributed by atoms with van der Waals surface area (Å²) >= 11 is 0. The Morgan fingerprint density at radius 3 is 2.04 bits per heavy atom. The van der Waals surface area contributed by atoms with Crippen LogP contribution in [-0.4, -0.2) is 33.1 Å². The first-order chi connectivity index (χ1) is 12.5. The molecule has 26 heavy (non-hydrogen) atoms. The lowest BCUT2D eigenvalue weighted by atomic mass is 10.0. The van der Waals surface area contributed by atoms with Gasteiger partial charge in [-0.05, 0) is 27.7 Å². The van der Waals surface area contributed by atoms with Crippen LogP contribution < -0.4 is 0 Å². The molecule has 0 aliphatic heterocycles. The van der Waals surface area contributed by atoms with Crippen LogP contribution in [0.15, 0.2) is 54.6 Å². The van der Waals surface area contributed by atoms with Crippen molar-refractivity contribution in [2.75, 3.05) is 0 Å². The van der Waals surface area contributed by atoms with Crippen molar-refractivity contribution >= 4 is 16.7 Å². The molecule has 0 saturated heterocycles. The molecule has 0 atom stereocenters. The molecule has 0 spiro atoms. The van der Waals surface area contributed by atoms with Crippen LogP contribution in [0.5, 0.6) is 0 Å². The molecule has 4 nitrogen and oxygen atoms in total. The summed E-state index contributed by atoms with van der Waals surface area (Å²) < 4.78 is 0. The molecule has 3 aromatic rings. The number of hydrogen-bond acceptors (Lipinski definition) is 3. The van der Waals surface area contributed by atoms with Crippen LogP contribution in [0.3, 0.4) is 0 Å². The van der Waals surface area contributed by atoms with Crippen molar-refractivity contribution in [3.63, 3.8) is 0 Å². The van der Waals surface area contributed by atoms with Gasteiger partial charge in [0.15, 0.2) is 0 Å². The number of carbonyl (C=O) groups is 1. The van der Waals surface area contributed by atoms with E-state index >= 15 is 0 Å². The van der Waals surface area contributed by atoms with Crippen molar-refractivity contribution in [1.29, 1.82) is 0 Å². The average molecular weight is 347 g/mol. The Morgan fingerprint density at radius 1 is 0.846 bits per heavy atom. The van der Waals surface area contributed by atoms with Gasteiger partial charge in [-0.3, -0.25) is 4.79 Å². The normalized spacial score (nSPS) is 11.3.